The zero-order chi connectivity index (χ0) is 12.1. The van der Waals surface area contributed by atoms with E-state index < -0.39 is 0 Å². The Hall–Kier alpha value is -1.06. The highest BCUT2D eigenvalue weighted by molar-refractivity contribution is 6.30. The minimum atomic E-state index is -0.158. The van der Waals surface area contributed by atoms with Crippen LogP contribution < -0.4 is 11.1 Å². The first-order valence-corrected chi connectivity index (χ1v) is 5.68. The Balaban J connectivity index is 2.62. The van der Waals surface area contributed by atoms with E-state index in [1.807, 2.05) is 38.1 Å². The standard InChI is InChI=1S/C12H17ClN2O/c1-8(7-14)12(16)15-9(2)10-3-5-11(13)6-4-10/h3-6,8-9H,7,14H2,1-2H3,(H,15,16). The molecule has 88 valence electrons. The van der Waals surface area contributed by atoms with E-state index in [9.17, 15) is 4.79 Å². The van der Waals surface area contributed by atoms with Gasteiger partial charge < -0.3 is 11.1 Å². The van der Waals surface area contributed by atoms with Crippen LogP contribution in [0.2, 0.25) is 5.02 Å². The summed E-state index contributed by atoms with van der Waals surface area (Å²) in [6.45, 7) is 4.10. The summed E-state index contributed by atoms with van der Waals surface area (Å²) in [5.74, 6) is -0.181. The quantitative estimate of drug-likeness (QED) is 0.847. The van der Waals surface area contributed by atoms with Crippen molar-refractivity contribution >= 4 is 17.5 Å². The highest BCUT2D eigenvalue weighted by atomic mass is 35.5. The predicted octanol–water partition coefficient (Wildman–Crippen LogP) is 2.11. The van der Waals surface area contributed by atoms with Crippen molar-refractivity contribution in [2.45, 2.75) is 19.9 Å². The number of benzene rings is 1. The Morgan fingerprint density at radius 3 is 2.44 bits per heavy atom. The maximum Gasteiger partial charge on any atom is 0.224 e. The number of carbonyl (C=O) groups excluding carboxylic acids is 1. The number of halogens is 1. The zero-order valence-corrected chi connectivity index (χ0v) is 10.3. The van der Waals surface area contributed by atoms with Gasteiger partial charge in [0.1, 0.15) is 0 Å². The van der Waals surface area contributed by atoms with E-state index in [1.54, 1.807) is 0 Å². The maximum atomic E-state index is 11.6. The van der Waals surface area contributed by atoms with Crippen molar-refractivity contribution in [1.82, 2.24) is 5.32 Å². The molecule has 0 aliphatic rings. The summed E-state index contributed by atoms with van der Waals surface area (Å²) in [4.78, 5) is 11.6. The third-order valence-electron chi connectivity index (χ3n) is 2.53. The fraction of sp³-hybridized carbons (Fsp3) is 0.417. The Kier molecular flexibility index (Phi) is 4.77. The first kappa shape index (κ1) is 13.0. The molecule has 16 heavy (non-hydrogen) atoms. The van der Waals surface area contributed by atoms with Crippen LogP contribution in [0.3, 0.4) is 0 Å². The summed E-state index contributed by atoms with van der Waals surface area (Å²) in [6.07, 6.45) is 0. The molecule has 0 aliphatic heterocycles. The van der Waals surface area contributed by atoms with Gasteiger partial charge in [0.2, 0.25) is 5.91 Å². The number of hydrogen-bond acceptors (Lipinski definition) is 2. The predicted molar refractivity (Wildman–Crippen MR) is 66.2 cm³/mol. The first-order chi connectivity index (χ1) is 7.54. The molecule has 2 unspecified atom stereocenters. The number of hydrogen-bond donors (Lipinski definition) is 2. The number of rotatable bonds is 4. The van der Waals surface area contributed by atoms with Gasteiger partial charge in [-0.15, -0.1) is 0 Å². The normalized spacial score (nSPS) is 14.2. The van der Waals surface area contributed by atoms with Crippen LogP contribution in [0.4, 0.5) is 0 Å². The molecule has 0 saturated heterocycles. The monoisotopic (exact) mass is 240 g/mol. The fourth-order valence-electron chi connectivity index (χ4n) is 1.30. The molecule has 0 radical (unpaired) electrons. The van der Waals surface area contributed by atoms with E-state index in [4.69, 9.17) is 17.3 Å². The zero-order valence-electron chi connectivity index (χ0n) is 9.53. The van der Waals surface area contributed by atoms with Gasteiger partial charge in [0, 0.05) is 17.5 Å². The Labute approximate surface area is 101 Å². The molecule has 1 aromatic carbocycles. The molecule has 3 N–H and O–H groups in total. The topological polar surface area (TPSA) is 55.1 Å². The third kappa shape index (κ3) is 3.51. The Morgan fingerprint density at radius 1 is 1.38 bits per heavy atom. The number of amides is 1. The fourth-order valence-corrected chi connectivity index (χ4v) is 1.42. The second-order valence-corrected chi connectivity index (χ2v) is 4.36. The van der Waals surface area contributed by atoms with E-state index in [0.717, 1.165) is 5.56 Å². The smallest absolute Gasteiger partial charge is 0.224 e. The van der Waals surface area contributed by atoms with E-state index in [2.05, 4.69) is 5.32 Å². The molecule has 0 fully saturated rings. The molecule has 4 heteroatoms. The van der Waals surface area contributed by atoms with Crippen molar-refractivity contribution in [3.05, 3.63) is 34.9 Å². The van der Waals surface area contributed by atoms with E-state index in [-0.39, 0.29) is 17.9 Å². The van der Waals surface area contributed by atoms with Gasteiger partial charge in [0.05, 0.1) is 6.04 Å². The highest BCUT2D eigenvalue weighted by Crippen LogP contribution is 2.16. The second-order valence-electron chi connectivity index (χ2n) is 3.92. The van der Waals surface area contributed by atoms with Gasteiger partial charge in [-0.25, -0.2) is 0 Å². The molecule has 1 aromatic rings. The first-order valence-electron chi connectivity index (χ1n) is 5.30. The van der Waals surface area contributed by atoms with Crippen molar-refractivity contribution in [3.63, 3.8) is 0 Å². The van der Waals surface area contributed by atoms with Crippen LogP contribution in [0.15, 0.2) is 24.3 Å². The van der Waals surface area contributed by atoms with E-state index in [0.29, 0.717) is 11.6 Å². The molecule has 1 rings (SSSR count). The molecule has 0 saturated carbocycles. The van der Waals surface area contributed by atoms with Crippen molar-refractivity contribution < 1.29 is 4.79 Å². The van der Waals surface area contributed by atoms with Crippen molar-refractivity contribution in [2.75, 3.05) is 6.54 Å². The van der Waals surface area contributed by atoms with Crippen LogP contribution >= 0.6 is 11.6 Å². The average molecular weight is 241 g/mol. The summed E-state index contributed by atoms with van der Waals surface area (Å²) in [7, 11) is 0. The minimum Gasteiger partial charge on any atom is -0.349 e. The Morgan fingerprint density at radius 2 is 1.94 bits per heavy atom. The van der Waals surface area contributed by atoms with Crippen LogP contribution in [0.5, 0.6) is 0 Å². The molecule has 0 aromatic heterocycles. The maximum absolute atomic E-state index is 11.6. The molecule has 1 amide bonds. The third-order valence-corrected chi connectivity index (χ3v) is 2.78. The van der Waals surface area contributed by atoms with Crippen molar-refractivity contribution in [2.24, 2.45) is 11.7 Å². The van der Waals surface area contributed by atoms with Gasteiger partial charge in [0.15, 0.2) is 0 Å². The summed E-state index contributed by atoms with van der Waals surface area (Å²) in [5.41, 5.74) is 6.46. The van der Waals surface area contributed by atoms with Gasteiger partial charge >= 0.3 is 0 Å². The molecule has 0 aliphatic carbocycles. The largest absolute Gasteiger partial charge is 0.349 e. The van der Waals surface area contributed by atoms with Crippen LogP contribution in [-0.2, 0) is 4.79 Å². The van der Waals surface area contributed by atoms with Crippen molar-refractivity contribution in [3.8, 4) is 0 Å². The second kappa shape index (κ2) is 5.87. The minimum absolute atomic E-state index is 0.0232. The molecule has 0 bridgehead atoms. The average Bonchev–Trinajstić information content (AvgIpc) is 2.28. The van der Waals surface area contributed by atoms with Crippen molar-refractivity contribution in [1.29, 1.82) is 0 Å². The van der Waals surface area contributed by atoms with Gasteiger partial charge in [-0.05, 0) is 24.6 Å². The summed E-state index contributed by atoms with van der Waals surface area (Å²) >= 11 is 5.79. The van der Waals surface area contributed by atoms with E-state index in [1.165, 1.54) is 0 Å². The molecule has 0 heterocycles. The lowest BCUT2D eigenvalue weighted by molar-refractivity contribution is -0.124. The number of carbonyl (C=O) groups is 1. The lowest BCUT2D eigenvalue weighted by Crippen LogP contribution is -2.34. The van der Waals surface area contributed by atoms with E-state index >= 15 is 0 Å². The lowest BCUT2D eigenvalue weighted by atomic mass is 10.1. The van der Waals surface area contributed by atoms with Crippen LogP contribution in [0.25, 0.3) is 0 Å². The molecule has 2 atom stereocenters. The molecule has 3 nitrogen and oxygen atoms in total. The van der Waals surface area contributed by atoms with Crippen LogP contribution in [-0.4, -0.2) is 12.5 Å². The summed E-state index contributed by atoms with van der Waals surface area (Å²) < 4.78 is 0. The van der Waals surface area contributed by atoms with Gasteiger partial charge in [-0.1, -0.05) is 30.7 Å². The molecule has 0 spiro atoms. The van der Waals surface area contributed by atoms with Gasteiger partial charge in [-0.3, -0.25) is 4.79 Å². The van der Waals surface area contributed by atoms with Crippen LogP contribution in [0, 0.1) is 5.92 Å². The molecular weight excluding hydrogens is 224 g/mol. The Bertz CT molecular complexity index is 351. The van der Waals surface area contributed by atoms with Gasteiger partial charge in [0.25, 0.3) is 0 Å². The highest BCUT2D eigenvalue weighted by Gasteiger charge is 2.14. The summed E-state index contributed by atoms with van der Waals surface area (Å²) in [5, 5.41) is 3.60. The van der Waals surface area contributed by atoms with Crippen LogP contribution in [0.1, 0.15) is 25.5 Å². The number of nitrogens with one attached hydrogen (secondary N) is 1. The SMILES string of the molecule is CC(CN)C(=O)NC(C)c1ccc(Cl)cc1. The molecular formula is C12H17ClN2O. The lowest BCUT2D eigenvalue weighted by Gasteiger charge is -2.17. The summed E-state index contributed by atoms with van der Waals surface area (Å²) in [6, 6.07) is 7.40. The van der Waals surface area contributed by atoms with Gasteiger partial charge in [-0.2, -0.15) is 0 Å². The number of nitrogens with two attached hydrogens (primary N) is 1.